The van der Waals surface area contributed by atoms with Crippen LogP contribution in [0.5, 0.6) is 5.75 Å². The van der Waals surface area contributed by atoms with Crippen LogP contribution in [0, 0.1) is 11.7 Å². The van der Waals surface area contributed by atoms with Crippen LogP contribution in [-0.4, -0.2) is 12.1 Å². The molecular weight excluding hydrogens is 217 g/mol. The molecule has 1 aliphatic rings. The lowest BCUT2D eigenvalue weighted by Gasteiger charge is -2.30. The molecule has 0 bridgehead atoms. The largest absolute Gasteiger partial charge is 0.490 e. The molecule has 0 heterocycles. The van der Waals surface area contributed by atoms with Crippen LogP contribution in [0.25, 0.3) is 0 Å². The van der Waals surface area contributed by atoms with Gasteiger partial charge >= 0.3 is 0 Å². The zero-order chi connectivity index (χ0) is 12.3. The van der Waals surface area contributed by atoms with Crippen LogP contribution in [0.2, 0.25) is 0 Å². The lowest BCUT2D eigenvalue weighted by Crippen LogP contribution is -2.33. The first kappa shape index (κ1) is 12.4. The van der Waals surface area contributed by atoms with E-state index in [1.807, 2.05) is 0 Å². The van der Waals surface area contributed by atoms with Crippen molar-refractivity contribution in [3.8, 4) is 5.75 Å². The van der Waals surface area contributed by atoms with Gasteiger partial charge in [-0.3, -0.25) is 0 Å². The van der Waals surface area contributed by atoms with Gasteiger partial charge < -0.3 is 10.5 Å². The maximum atomic E-state index is 12.7. The molecule has 0 aromatic heterocycles. The molecule has 1 aromatic rings. The maximum absolute atomic E-state index is 12.7. The van der Waals surface area contributed by atoms with Gasteiger partial charge in [0, 0.05) is 6.04 Å². The molecule has 1 atom stereocenters. The molecule has 0 aliphatic heterocycles. The van der Waals surface area contributed by atoms with Crippen LogP contribution < -0.4 is 10.5 Å². The van der Waals surface area contributed by atoms with Crippen molar-refractivity contribution in [3.63, 3.8) is 0 Å². The highest BCUT2D eigenvalue weighted by atomic mass is 19.1. The van der Waals surface area contributed by atoms with E-state index in [0.29, 0.717) is 5.92 Å². The number of ether oxygens (including phenoxy) is 1. The third-order valence-corrected chi connectivity index (χ3v) is 3.58. The Morgan fingerprint density at radius 1 is 1.18 bits per heavy atom. The molecule has 1 unspecified atom stereocenters. The van der Waals surface area contributed by atoms with Crippen molar-refractivity contribution < 1.29 is 9.13 Å². The van der Waals surface area contributed by atoms with Crippen molar-refractivity contribution in [2.45, 2.75) is 44.8 Å². The standard InChI is InChI=1S/C14H20FNO/c1-10(16)11-2-6-13(7-3-11)17-14-8-4-12(15)5-9-14/h4-5,8-11,13H,2-3,6-7,16H2,1H3. The first-order valence-corrected chi connectivity index (χ1v) is 6.33. The van der Waals surface area contributed by atoms with E-state index in [2.05, 4.69) is 6.92 Å². The lowest BCUT2D eigenvalue weighted by atomic mass is 9.83. The number of hydrogen-bond donors (Lipinski definition) is 1. The van der Waals surface area contributed by atoms with Crippen LogP contribution in [0.1, 0.15) is 32.6 Å². The molecule has 2 rings (SSSR count). The topological polar surface area (TPSA) is 35.2 Å². The van der Waals surface area contributed by atoms with Crippen molar-refractivity contribution in [2.75, 3.05) is 0 Å². The van der Waals surface area contributed by atoms with Crippen LogP contribution >= 0.6 is 0 Å². The molecule has 1 saturated carbocycles. The van der Waals surface area contributed by atoms with Gasteiger partial charge in [-0.25, -0.2) is 4.39 Å². The number of benzene rings is 1. The summed E-state index contributed by atoms with van der Waals surface area (Å²) in [6.45, 7) is 2.08. The van der Waals surface area contributed by atoms with E-state index >= 15 is 0 Å². The molecule has 1 aromatic carbocycles. The quantitative estimate of drug-likeness (QED) is 0.876. The summed E-state index contributed by atoms with van der Waals surface area (Å²) >= 11 is 0. The highest BCUT2D eigenvalue weighted by molar-refractivity contribution is 5.22. The summed E-state index contributed by atoms with van der Waals surface area (Å²) in [5, 5.41) is 0. The highest BCUT2D eigenvalue weighted by Gasteiger charge is 2.24. The smallest absolute Gasteiger partial charge is 0.123 e. The molecule has 2 nitrogen and oxygen atoms in total. The highest BCUT2D eigenvalue weighted by Crippen LogP contribution is 2.29. The molecular formula is C14H20FNO. The first-order valence-electron chi connectivity index (χ1n) is 6.33. The summed E-state index contributed by atoms with van der Waals surface area (Å²) in [6.07, 6.45) is 4.61. The van der Waals surface area contributed by atoms with Gasteiger partial charge in [-0.15, -0.1) is 0 Å². The lowest BCUT2D eigenvalue weighted by molar-refractivity contribution is 0.125. The van der Waals surface area contributed by atoms with E-state index in [4.69, 9.17) is 10.5 Å². The summed E-state index contributed by atoms with van der Waals surface area (Å²) in [6, 6.07) is 6.52. The van der Waals surface area contributed by atoms with Gasteiger partial charge in [0.05, 0.1) is 6.10 Å². The van der Waals surface area contributed by atoms with Gasteiger partial charge in [0.15, 0.2) is 0 Å². The zero-order valence-electron chi connectivity index (χ0n) is 10.2. The van der Waals surface area contributed by atoms with Crippen LogP contribution in [-0.2, 0) is 0 Å². The second-order valence-corrected chi connectivity index (χ2v) is 4.97. The molecule has 0 amide bonds. The van der Waals surface area contributed by atoms with Gasteiger partial charge in [0.1, 0.15) is 11.6 Å². The molecule has 0 saturated heterocycles. The van der Waals surface area contributed by atoms with E-state index in [0.717, 1.165) is 31.4 Å². The molecule has 2 N–H and O–H groups in total. The first-order chi connectivity index (χ1) is 8.15. The van der Waals surface area contributed by atoms with Gasteiger partial charge in [-0.2, -0.15) is 0 Å². The van der Waals surface area contributed by atoms with Crippen LogP contribution in [0.15, 0.2) is 24.3 Å². The van der Waals surface area contributed by atoms with Crippen molar-refractivity contribution in [1.82, 2.24) is 0 Å². The Labute approximate surface area is 102 Å². The second kappa shape index (κ2) is 5.50. The second-order valence-electron chi connectivity index (χ2n) is 4.97. The van der Waals surface area contributed by atoms with E-state index in [1.54, 1.807) is 12.1 Å². The minimum absolute atomic E-state index is 0.224. The minimum atomic E-state index is -0.224. The number of halogens is 1. The van der Waals surface area contributed by atoms with Crippen LogP contribution in [0.4, 0.5) is 4.39 Å². The van der Waals surface area contributed by atoms with Crippen LogP contribution in [0.3, 0.4) is 0 Å². The predicted octanol–water partition coefficient (Wildman–Crippen LogP) is 3.11. The van der Waals surface area contributed by atoms with Gasteiger partial charge in [-0.1, -0.05) is 0 Å². The summed E-state index contributed by atoms with van der Waals surface area (Å²) in [5.41, 5.74) is 5.90. The van der Waals surface area contributed by atoms with E-state index < -0.39 is 0 Å². The average molecular weight is 237 g/mol. The molecule has 0 radical (unpaired) electrons. The van der Waals surface area contributed by atoms with E-state index in [-0.39, 0.29) is 18.0 Å². The normalized spacial score (nSPS) is 26.5. The fourth-order valence-electron chi connectivity index (χ4n) is 2.44. The summed E-state index contributed by atoms with van der Waals surface area (Å²) in [7, 11) is 0. The van der Waals surface area contributed by atoms with Gasteiger partial charge in [-0.05, 0) is 62.8 Å². The van der Waals surface area contributed by atoms with Gasteiger partial charge in [0.2, 0.25) is 0 Å². The number of rotatable bonds is 3. The molecule has 3 heteroatoms. The Morgan fingerprint density at radius 2 is 1.76 bits per heavy atom. The molecule has 17 heavy (non-hydrogen) atoms. The molecule has 1 aliphatic carbocycles. The van der Waals surface area contributed by atoms with E-state index in [1.165, 1.54) is 12.1 Å². The van der Waals surface area contributed by atoms with Crippen molar-refractivity contribution in [3.05, 3.63) is 30.1 Å². The molecule has 0 spiro atoms. The van der Waals surface area contributed by atoms with Crippen molar-refractivity contribution >= 4 is 0 Å². The van der Waals surface area contributed by atoms with Gasteiger partial charge in [0.25, 0.3) is 0 Å². The Balaban J connectivity index is 1.84. The SMILES string of the molecule is CC(N)C1CCC(Oc2ccc(F)cc2)CC1. The molecule has 1 fully saturated rings. The summed E-state index contributed by atoms with van der Waals surface area (Å²) < 4.78 is 18.6. The third-order valence-electron chi connectivity index (χ3n) is 3.58. The third kappa shape index (κ3) is 3.43. The fourth-order valence-corrected chi connectivity index (χ4v) is 2.44. The van der Waals surface area contributed by atoms with Crippen molar-refractivity contribution in [2.24, 2.45) is 11.7 Å². The summed E-state index contributed by atoms with van der Waals surface area (Å²) in [5.74, 6) is 1.16. The maximum Gasteiger partial charge on any atom is 0.123 e. The fraction of sp³-hybridized carbons (Fsp3) is 0.571. The number of nitrogens with two attached hydrogens (primary N) is 1. The predicted molar refractivity (Wildman–Crippen MR) is 66.4 cm³/mol. The Kier molecular flexibility index (Phi) is 4.00. The Hall–Kier alpha value is -1.09. The average Bonchev–Trinajstić information content (AvgIpc) is 2.33. The summed E-state index contributed by atoms with van der Waals surface area (Å²) in [4.78, 5) is 0. The Bertz CT molecular complexity index is 342. The number of hydrogen-bond acceptors (Lipinski definition) is 2. The monoisotopic (exact) mass is 237 g/mol. The minimum Gasteiger partial charge on any atom is -0.490 e. The van der Waals surface area contributed by atoms with Crippen molar-refractivity contribution in [1.29, 1.82) is 0 Å². The Morgan fingerprint density at radius 3 is 2.29 bits per heavy atom. The van der Waals surface area contributed by atoms with E-state index in [9.17, 15) is 4.39 Å². The molecule has 94 valence electrons. The zero-order valence-corrected chi connectivity index (χ0v) is 10.2.